The van der Waals surface area contributed by atoms with Gasteiger partial charge in [-0.05, 0) is 50.2 Å². The number of hydrogen-bond acceptors (Lipinski definition) is 5. The third-order valence-electron chi connectivity index (χ3n) is 5.21. The van der Waals surface area contributed by atoms with Gasteiger partial charge in [0.25, 0.3) is 0 Å². The topological polar surface area (TPSA) is 83.5 Å². The lowest BCUT2D eigenvalue weighted by molar-refractivity contribution is 0.215. The highest BCUT2D eigenvalue weighted by Crippen LogP contribution is 2.24. The quantitative estimate of drug-likeness (QED) is 0.283. The van der Waals surface area contributed by atoms with Gasteiger partial charge in [-0.2, -0.15) is 0 Å². The Bertz CT molecular complexity index is 905. The number of guanidine groups is 1. The summed E-state index contributed by atoms with van der Waals surface area (Å²) >= 11 is 0. The minimum absolute atomic E-state index is 0. The van der Waals surface area contributed by atoms with Gasteiger partial charge in [-0.15, -0.1) is 34.2 Å². The van der Waals surface area contributed by atoms with Gasteiger partial charge in [0.1, 0.15) is 12.1 Å². The number of aliphatic imine (C=N–C) groups is 1. The van der Waals surface area contributed by atoms with E-state index in [0.717, 1.165) is 42.9 Å². The van der Waals surface area contributed by atoms with Crippen molar-refractivity contribution >= 4 is 29.9 Å². The number of nitrogens with zero attached hydrogens (tertiary/aromatic N) is 5. The number of aromatic nitrogens is 3. The van der Waals surface area contributed by atoms with Crippen molar-refractivity contribution in [1.29, 1.82) is 0 Å². The van der Waals surface area contributed by atoms with E-state index in [0.29, 0.717) is 6.54 Å². The third-order valence-corrected chi connectivity index (χ3v) is 5.21. The Hall–Kier alpha value is -2.40. The molecule has 1 aliphatic heterocycles. The van der Waals surface area contributed by atoms with E-state index < -0.39 is 0 Å². The molecule has 3 aromatic rings. The maximum atomic E-state index is 5.69. The minimum Gasteiger partial charge on any atom is -0.468 e. The first kappa shape index (κ1) is 22.3. The monoisotopic (exact) mass is 521 g/mol. The van der Waals surface area contributed by atoms with Crippen molar-refractivity contribution in [2.75, 3.05) is 26.7 Å². The molecule has 1 saturated heterocycles. The van der Waals surface area contributed by atoms with Crippen LogP contribution in [-0.2, 0) is 6.54 Å². The molecule has 0 amide bonds. The molecule has 1 aliphatic rings. The molecule has 4 rings (SSSR count). The number of nitrogens with one attached hydrogen (secondary N) is 2. The van der Waals surface area contributed by atoms with Crippen LogP contribution >= 0.6 is 24.0 Å². The summed E-state index contributed by atoms with van der Waals surface area (Å²) in [5.74, 6) is 2.53. The van der Waals surface area contributed by atoms with Crippen LogP contribution in [0.3, 0.4) is 0 Å². The minimum atomic E-state index is 0. The van der Waals surface area contributed by atoms with Gasteiger partial charge < -0.3 is 15.1 Å². The van der Waals surface area contributed by atoms with E-state index in [4.69, 9.17) is 4.42 Å². The van der Waals surface area contributed by atoms with Crippen molar-refractivity contribution in [3.63, 3.8) is 0 Å². The van der Waals surface area contributed by atoms with Crippen molar-refractivity contribution in [2.45, 2.75) is 25.4 Å². The molecule has 1 aromatic carbocycles. The number of furan rings is 1. The van der Waals surface area contributed by atoms with Gasteiger partial charge in [-0.25, -0.2) is 0 Å². The largest absolute Gasteiger partial charge is 0.468 e. The van der Waals surface area contributed by atoms with Crippen molar-refractivity contribution in [3.8, 4) is 5.69 Å². The third kappa shape index (κ3) is 5.39. The maximum Gasteiger partial charge on any atom is 0.191 e. The predicted octanol–water partition coefficient (Wildman–Crippen LogP) is 2.98. The second kappa shape index (κ2) is 11.1. The van der Waals surface area contributed by atoms with Crippen LogP contribution < -0.4 is 10.6 Å². The van der Waals surface area contributed by atoms with E-state index in [-0.39, 0.29) is 30.0 Å². The van der Waals surface area contributed by atoms with Gasteiger partial charge in [0.15, 0.2) is 11.8 Å². The Kier molecular flexibility index (Phi) is 8.26. The summed E-state index contributed by atoms with van der Waals surface area (Å²) in [7, 11) is 1.77. The maximum absolute atomic E-state index is 5.69. The van der Waals surface area contributed by atoms with E-state index in [2.05, 4.69) is 30.7 Å². The van der Waals surface area contributed by atoms with Crippen molar-refractivity contribution in [2.24, 2.45) is 4.99 Å². The van der Waals surface area contributed by atoms with Crippen LogP contribution in [0.2, 0.25) is 0 Å². The summed E-state index contributed by atoms with van der Waals surface area (Å²) in [6.45, 7) is 3.43. The molecule has 0 radical (unpaired) electrons. The van der Waals surface area contributed by atoms with Crippen LogP contribution in [0, 0.1) is 0 Å². The van der Waals surface area contributed by atoms with Gasteiger partial charge in [-0.3, -0.25) is 14.5 Å². The highest BCUT2D eigenvalue weighted by Gasteiger charge is 2.25. The van der Waals surface area contributed by atoms with Crippen LogP contribution in [0.4, 0.5) is 0 Å². The van der Waals surface area contributed by atoms with E-state index in [9.17, 15) is 0 Å². The smallest absolute Gasteiger partial charge is 0.191 e. The summed E-state index contributed by atoms with van der Waals surface area (Å²) < 4.78 is 7.66. The molecule has 2 N–H and O–H groups in total. The lowest BCUT2D eigenvalue weighted by atomic mass is 10.2. The lowest BCUT2D eigenvalue weighted by Crippen LogP contribution is -2.42. The molecular weight excluding hydrogens is 493 g/mol. The molecule has 1 fully saturated rings. The molecule has 1 unspecified atom stereocenters. The lowest BCUT2D eigenvalue weighted by Gasteiger charge is -2.26. The van der Waals surface area contributed by atoms with Crippen LogP contribution in [0.15, 0.2) is 64.5 Å². The zero-order chi connectivity index (χ0) is 19.9. The van der Waals surface area contributed by atoms with Gasteiger partial charge in [0, 0.05) is 19.3 Å². The molecule has 3 heterocycles. The molecule has 2 aromatic heterocycles. The fourth-order valence-electron chi connectivity index (χ4n) is 3.70. The van der Waals surface area contributed by atoms with Crippen molar-refractivity contribution < 1.29 is 4.42 Å². The number of benzene rings is 1. The number of rotatable bonds is 7. The fraction of sp³-hybridized carbons (Fsp3) is 0.381. The standard InChI is InChI=1S/C21H27N7O.HI/c1-22-21(23-14-18(19-10-7-13-29-19)27-11-5-6-12-27)24-15-20-26-25-16-28(20)17-8-3-2-4-9-17;/h2-4,7-10,13,16,18H,5-6,11-12,14-15H2,1H3,(H2,22,23,24);1H. The van der Waals surface area contributed by atoms with Gasteiger partial charge in [-0.1, -0.05) is 18.2 Å². The number of para-hydroxylation sites is 1. The Balaban J connectivity index is 0.00000256. The average molecular weight is 521 g/mol. The molecule has 30 heavy (non-hydrogen) atoms. The summed E-state index contributed by atoms with van der Waals surface area (Å²) in [6.07, 6.45) is 5.93. The van der Waals surface area contributed by atoms with Crippen molar-refractivity contribution in [3.05, 3.63) is 66.6 Å². The SMILES string of the molecule is CN=C(NCc1nncn1-c1ccccc1)NCC(c1ccco1)N1CCCC1.I. The number of halogens is 1. The molecule has 160 valence electrons. The Labute approximate surface area is 193 Å². The van der Waals surface area contributed by atoms with E-state index in [1.54, 1.807) is 19.6 Å². The average Bonchev–Trinajstić information content (AvgIpc) is 3.54. The molecule has 0 aliphatic carbocycles. The predicted molar refractivity (Wildman–Crippen MR) is 127 cm³/mol. The highest BCUT2D eigenvalue weighted by atomic mass is 127. The molecule has 0 bridgehead atoms. The van der Waals surface area contributed by atoms with E-state index in [1.165, 1.54) is 12.8 Å². The molecule has 8 nitrogen and oxygen atoms in total. The molecular formula is C21H28IN7O. The fourth-order valence-corrected chi connectivity index (χ4v) is 3.70. The second-order valence-corrected chi connectivity index (χ2v) is 7.03. The Morgan fingerprint density at radius 3 is 2.63 bits per heavy atom. The summed E-state index contributed by atoms with van der Waals surface area (Å²) in [6, 6.07) is 14.2. The zero-order valence-corrected chi connectivity index (χ0v) is 19.4. The number of hydrogen-bond donors (Lipinski definition) is 2. The molecule has 0 saturated carbocycles. The van der Waals surface area contributed by atoms with Crippen LogP contribution in [0.1, 0.15) is 30.5 Å². The van der Waals surface area contributed by atoms with E-state index in [1.807, 2.05) is 47.0 Å². The number of likely N-dealkylation sites (tertiary alicyclic amines) is 1. The summed E-state index contributed by atoms with van der Waals surface area (Å²) in [5.41, 5.74) is 1.03. The van der Waals surface area contributed by atoms with Gasteiger partial charge >= 0.3 is 0 Å². The Morgan fingerprint density at radius 2 is 1.93 bits per heavy atom. The summed E-state index contributed by atoms with van der Waals surface area (Å²) in [4.78, 5) is 6.82. The van der Waals surface area contributed by atoms with Crippen LogP contribution in [0.25, 0.3) is 5.69 Å². The first-order valence-electron chi connectivity index (χ1n) is 10.0. The van der Waals surface area contributed by atoms with Crippen molar-refractivity contribution in [1.82, 2.24) is 30.3 Å². The van der Waals surface area contributed by atoms with Crippen LogP contribution in [0.5, 0.6) is 0 Å². The molecule has 1 atom stereocenters. The van der Waals surface area contributed by atoms with E-state index >= 15 is 0 Å². The first-order chi connectivity index (χ1) is 14.3. The molecule has 0 spiro atoms. The Morgan fingerprint density at radius 1 is 1.13 bits per heavy atom. The normalized spacial score (nSPS) is 15.6. The zero-order valence-electron chi connectivity index (χ0n) is 17.1. The molecule has 9 heteroatoms. The summed E-state index contributed by atoms with van der Waals surface area (Å²) in [5, 5.41) is 15.1. The highest BCUT2D eigenvalue weighted by molar-refractivity contribution is 14.0. The second-order valence-electron chi connectivity index (χ2n) is 7.03. The van der Waals surface area contributed by atoms with Gasteiger partial charge in [0.2, 0.25) is 0 Å². The van der Waals surface area contributed by atoms with Gasteiger partial charge in [0.05, 0.1) is 18.8 Å². The first-order valence-corrected chi connectivity index (χ1v) is 10.0. The van der Waals surface area contributed by atoms with Crippen LogP contribution in [-0.4, -0.2) is 52.3 Å².